The number of para-hydroxylation sites is 1. The highest BCUT2D eigenvalue weighted by atomic mass is 32.2. The van der Waals surface area contributed by atoms with E-state index in [9.17, 15) is 8.42 Å². The molecule has 0 amide bonds. The number of methoxy groups -OCH3 is 1. The van der Waals surface area contributed by atoms with E-state index in [0.717, 1.165) is 37.0 Å². The van der Waals surface area contributed by atoms with Crippen LogP contribution in [0.2, 0.25) is 0 Å². The summed E-state index contributed by atoms with van der Waals surface area (Å²) in [6.07, 6.45) is 3.80. The third kappa shape index (κ3) is 8.04. The maximum atomic E-state index is 12.1. The van der Waals surface area contributed by atoms with Crippen molar-refractivity contribution in [3.8, 4) is 5.75 Å². The van der Waals surface area contributed by atoms with Gasteiger partial charge in [-0.2, -0.15) is 0 Å². The van der Waals surface area contributed by atoms with Crippen LogP contribution in [0.5, 0.6) is 5.75 Å². The molecule has 0 radical (unpaired) electrons. The van der Waals surface area contributed by atoms with Crippen molar-refractivity contribution in [1.82, 2.24) is 15.4 Å². The summed E-state index contributed by atoms with van der Waals surface area (Å²) < 4.78 is 37.8. The summed E-state index contributed by atoms with van der Waals surface area (Å²) in [5, 5.41) is 6.22. The van der Waals surface area contributed by atoms with Gasteiger partial charge >= 0.3 is 0 Å². The largest absolute Gasteiger partial charge is 0.496 e. The molecule has 0 saturated carbocycles. The first-order valence-corrected chi connectivity index (χ1v) is 11.3. The minimum Gasteiger partial charge on any atom is -0.496 e. The lowest BCUT2D eigenvalue weighted by Crippen LogP contribution is -2.43. The first-order chi connectivity index (χ1) is 13.5. The van der Waals surface area contributed by atoms with Crippen molar-refractivity contribution in [3.63, 3.8) is 0 Å². The van der Waals surface area contributed by atoms with Crippen LogP contribution >= 0.6 is 0 Å². The Morgan fingerprint density at radius 3 is 2.75 bits per heavy atom. The van der Waals surface area contributed by atoms with Crippen LogP contribution in [0.1, 0.15) is 24.8 Å². The van der Waals surface area contributed by atoms with Crippen LogP contribution in [0.25, 0.3) is 0 Å². The van der Waals surface area contributed by atoms with E-state index in [1.807, 2.05) is 24.3 Å². The summed E-state index contributed by atoms with van der Waals surface area (Å²) in [5.74, 6) is 1.40. The fourth-order valence-corrected chi connectivity index (χ4v) is 3.96. The second-order valence-corrected chi connectivity index (χ2v) is 8.57. The van der Waals surface area contributed by atoms with Crippen LogP contribution in [0.3, 0.4) is 0 Å². The number of nitrogens with zero attached hydrogens (tertiary/aromatic N) is 1. The Balaban J connectivity index is 1.67. The number of sulfonamides is 1. The zero-order valence-electron chi connectivity index (χ0n) is 16.7. The first-order valence-electron chi connectivity index (χ1n) is 9.69. The van der Waals surface area contributed by atoms with E-state index >= 15 is 0 Å². The van der Waals surface area contributed by atoms with Gasteiger partial charge in [-0.15, -0.1) is 0 Å². The Morgan fingerprint density at radius 1 is 1.25 bits per heavy atom. The van der Waals surface area contributed by atoms with Crippen molar-refractivity contribution in [3.05, 3.63) is 29.8 Å². The van der Waals surface area contributed by atoms with Crippen molar-refractivity contribution in [2.24, 2.45) is 4.99 Å². The van der Waals surface area contributed by atoms with E-state index < -0.39 is 10.0 Å². The Bertz CT molecular complexity index is 718. The lowest BCUT2D eigenvalue weighted by atomic mass is 10.1. The third-order valence-electron chi connectivity index (χ3n) is 4.57. The highest BCUT2D eigenvalue weighted by molar-refractivity contribution is 7.89. The van der Waals surface area contributed by atoms with Gasteiger partial charge in [0.25, 0.3) is 0 Å². The molecule has 1 aromatic carbocycles. The van der Waals surface area contributed by atoms with Gasteiger partial charge in [0.15, 0.2) is 5.96 Å². The highest BCUT2D eigenvalue weighted by Gasteiger charge is 2.17. The second kappa shape index (κ2) is 11.9. The van der Waals surface area contributed by atoms with Crippen LogP contribution in [-0.2, 0) is 21.2 Å². The summed E-state index contributed by atoms with van der Waals surface area (Å²) in [6, 6.07) is 7.86. The molecule has 0 spiro atoms. The molecule has 0 aromatic heterocycles. The lowest BCUT2D eigenvalue weighted by molar-refractivity contribution is 0.0200. The summed E-state index contributed by atoms with van der Waals surface area (Å²) in [4.78, 5) is 4.13. The fraction of sp³-hybridized carbons (Fsp3) is 0.632. The smallest absolute Gasteiger partial charge is 0.213 e. The number of nitrogens with one attached hydrogen (secondary N) is 3. The van der Waals surface area contributed by atoms with Gasteiger partial charge in [-0.1, -0.05) is 18.2 Å². The van der Waals surface area contributed by atoms with Gasteiger partial charge in [0.2, 0.25) is 10.0 Å². The van der Waals surface area contributed by atoms with Crippen LogP contribution < -0.4 is 20.1 Å². The molecule has 3 N–H and O–H groups in total. The van der Waals surface area contributed by atoms with Gasteiger partial charge in [-0.3, -0.25) is 4.99 Å². The van der Waals surface area contributed by atoms with Gasteiger partial charge in [0, 0.05) is 33.3 Å². The number of hydrogen-bond donors (Lipinski definition) is 3. The van der Waals surface area contributed by atoms with E-state index in [1.54, 1.807) is 14.2 Å². The third-order valence-corrected chi connectivity index (χ3v) is 5.92. The van der Waals surface area contributed by atoms with E-state index in [-0.39, 0.29) is 18.4 Å². The minimum atomic E-state index is -3.35. The zero-order valence-corrected chi connectivity index (χ0v) is 17.6. The topological polar surface area (TPSA) is 101 Å². The van der Waals surface area contributed by atoms with Gasteiger partial charge < -0.3 is 20.1 Å². The monoisotopic (exact) mass is 412 g/mol. The summed E-state index contributed by atoms with van der Waals surface area (Å²) >= 11 is 0. The number of rotatable bonds is 10. The maximum absolute atomic E-state index is 12.1. The summed E-state index contributed by atoms with van der Waals surface area (Å²) in [6.45, 7) is 1.98. The number of hydrogen-bond acceptors (Lipinski definition) is 5. The van der Waals surface area contributed by atoms with E-state index in [2.05, 4.69) is 20.3 Å². The van der Waals surface area contributed by atoms with E-state index in [1.165, 1.54) is 0 Å². The SMILES string of the molecule is CN=C(NCCc1ccccc1OC)NCCS(=O)(=O)NCC1CCCCO1. The molecular weight excluding hydrogens is 380 g/mol. The van der Waals surface area contributed by atoms with E-state index in [0.29, 0.717) is 25.7 Å². The number of ether oxygens (including phenoxy) is 2. The summed E-state index contributed by atoms with van der Waals surface area (Å²) in [5.41, 5.74) is 1.10. The number of benzene rings is 1. The molecule has 1 fully saturated rings. The van der Waals surface area contributed by atoms with Crippen LogP contribution in [0.4, 0.5) is 0 Å². The molecule has 1 heterocycles. The number of guanidine groups is 1. The van der Waals surface area contributed by atoms with Crippen molar-refractivity contribution < 1.29 is 17.9 Å². The predicted octanol–water partition coefficient (Wildman–Crippen LogP) is 0.891. The molecule has 1 aliphatic heterocycles. The van der Waals surface area contributed by atoms with Crippen molar-refractivity contribution >= 4 is 16.0 Å². The highest BCUT2D eigenvalue weighted by Crippen LogP contribution is 2.17. The van der Waals surface area contributed by atoms with Crippen molar-refractivity contribution in [2.75, 3.05) is 46.2 Å². The van der Waals surface area contributed by atoms with Gasteiger partial charge in [-0.25, -0.2) is 13.1 Å². The maximum Gasteiger partial charge on any atom is 0.213 e. The standard InChI is InChI=1S/C19H32N4O4S/c1-20-19(21-11-10-16-7-3-4-9-18(16)26-2)22-12-14-28(24,25)23-15-17-8-5-6-13-27-17/h3-4,7,9,17,23H,5-6,8,10-15H2,1-2H3,(H2,20,21,22). The number of aliphatic imine (C=N–C) groups is 1. The second-order valence-electron chi connectivity index (χ2n) is 6.64. The quantitative estimate of drug-likeness (QED) is 0.390. The average molecular weight is 413 g/mol. The molecule has 0 aliphatic carbocycles. The van der Waals surface area contributed by atoms with Crippen LogP contribution in [0.15, 0.2) is 29.3 Å². The average Bonchev–Trinajstić information content (AvgIpc) is 2.72. The van der Waals surface area contributed by atoms with Crippen LogP contribution in [0, 0.1) is 0 Å². The molecule has 1 aromatic rings. The van der Waals surface area contributed by atoms with Gasteiger partial charge in [0.05, 0.1) is 19.0 Å². The molecule has 1 aliphatic rings. The normalized spacial score (nSPS) is 17.9. The summed E-state index contributed by atoms with van der Waals surface area (Å²) in [7, 11) is -0.0364. The van der Waals surface area contributed by atoms with Crippen molar-refractivity contribution in [2.45, 2.75) is 31.8 Å². The van der Waals surface area contributed by atoms with Gasteiger partial charge in [-0.05, 0) is 37.3 Å². The Hall–Kier alpha value is -1.84. The lowest BCUT2D eigenvalue weighted by Gasteiger charge is -2.22. The Kier molecular flexibility index (Phi) is 9.52. The molecule has 0 bridgehead atoms. The van der Waals surface area contributed by atoms with Crippen molar-refractivity contribution in [1.29, 1.82) is 0 Å². The molecule has 158 valence electrons. The molecule has 9 heteroatoms. The molecule has 1 unspecified atom stereocenters. The fourth-order valence-electron chi connectivity index (χ4n) is 3.01. The molecule has 28 heavy (non-hydrogen) atoms. The Labute approximate surface area is 168 Å². The molecule has 1 atom stereocenters. The Morgan fingerprint density at radius 2 is 2.04 bits per heavy atom. The molecular formula is C19H32N4O4S. The molecule has 1 saturated heterocycles. The minimum absolute atomic E-state index is 0.0131. The van der Waals surface area contributed by atoms with Crippen LogP contribution in [-0.4, -0.2) is 66.6 Å². The first kappa shape index (κ1) is 22.4. The van der Waals surface area contributed by atoms with Gasteiger partial charge in [0.1, 0.15) is 5.75 Å². The molecule has 8 nitrogen and oxygen atoms in total. The molecule has 2 rings (SSSR count). The predicted molar refractivity (Wildman–Crippen MR) is 111 cm³/mol. The zero-order chi connectivity index (χ0) is 20.2. The van der Waals surface area contributed by atoms with E-state index in [4.69, 9.17) is 9.47 Å².